The van der Waals surface area contributed by atoms with Crippen LogP contribution < -0.4 is 14.8 Å². The molecule has 0 unspecified atom stereocenters. The van der Waals surface area contributed by atoms with Crippen molar-refractivity contribution in [2.75, 3.05) is 14.2 Å². The Morgan fingerprint density at radius 3 is 2.45 bits per heavy atom. The Morgan fingerprint density at radius 2 is 1.72 bits per heavy atom. The number of nitrogens with one attached hydrogen (secondary N) is 1. The molecule has 2 aliphatic rings. The number of hydrogen-bond acceptors (Lipinski definition) is 4. The summed E-state index contributed by atoms with van der Waals surface area (Å²) in [6.07, 6.45) is 1.01. The van der Waals surface area contributed by atoms with Gasteiger partial charge in [0.15, 0.2) is 17.3 Å². The van der Waals surface area contributed by atoms with E-state index in [-0.39, 0.29) is 29.8 Å². The minimum atomic E-state index is -0.409. The fraction of sp³-hybridized carbons (Fsp3) is 0.304. The Bertz CT molecular complexity index is 1010. The zero-order valence-corrected chi connectivity index (χ0v) is 16.3. The van der Waals surface area contributed by atoms with Crippen LogP contribution in [0.4, 0.5) is 4.39 Å². The third-order valence-corrected chi connectivity index (χ3v) is 5.67. The summed E-state index contributed by atoms with van der Waals surface area (Å²) in [5.74, 6) is 0.194. The van der Waals surface area contributed by atoms with E-state index in [4.69, 9.17) is 9.47 Å². The van der Waals surface area contributed by atoms with Crippen LogP contribution in [-0.2, 0) is 9.59 Å². The second-order valence-corrected chi connectivity index (χ2v) is 7.39. The summed E-state index contributed by atoms with van der Waals surface area (Å²) in [5.41, 5.74) is 2.86. The second kappa shape index (κ2) is 7.70. The number of methoxy groups -OCH3 is 2. The van der Waals surface area contributed by atoms with E-state index in [1.165, 1.54) is 12.1 Å². The number of halogens is 1. The van der Waals surface area contributed by atoms with Crippen molar-refractivity contribution in [3.63, 3.8) is 0 Å². The van der Waals surface area contributed by atoms with E-state index >= 15 is 0 Å². The van der Waals surface area contributed by atoms with E-state index in [0.717, 1.165) is 5.56 Å². The maximum absolute atomic E-state index is 13.7. The molecule has 0 fully saturated rings. The van der Waals surface area contributed by atoms with Gasteiger partial charge in [-0.05, 0) is 47.7 Å². The summed E-state index contributed by atoms with van der Waals surface area (Å²) in [6, 6.07) is 11.7. The first kappa shape index (κ1) is 19.2. The Kier molecular flexibility index (Phi) is 5.09. The third-order valence-electron chi connectivity index (χ3n) is 5.67. The second-order valence-electron chi connectivity index (χ2n) is 7.39. The lowest BCUT2D eigenvalue weighted by Gasteiger charge is -2.34. The van der Waals surface area contributed by atoms with Gasteiger partial charge >= 0.3 is 0 Å². The zero-order chi connectivity index (χ0) is 20.5. The lowest BCUT2D eigenvalue weighted by Crippen LogP contribution is -2.38. The number of amides is 1. The van der Waals surface area contributed by atoms with Crippen molar-refractivity contribution in [2.24, 2.45) is 0 Å². The lowest BCUT2D eigenvalue weighted by molar-refractivity contribution is -0.122. The molecule has 2 aromatic carbocycles. The van der Waals surface area contributed by atoms with E-state index < -0.39 is 5.92 Å². The smallest absolute Gasteiger partial charge is 0.225 e. The van der Waals surface area contributed by atoms with Crippen LogP contribution >= 0.6 is 0 Å². The monoisotopic (exact) mass is 395 g/mol. The fourth-order valence-electron chi connectivity index (χ4n) is 4.31. The van der Waals surface area contributed by atoms with Crippen LogP contribution in [0.15, 0.2) is 53.7 Å². The highest BCUT2D eigenvalue weighted by atomic mass is 19.1. The summed E-state index contributed by atoms with van der Waals surface area (Å²) >= 11 is 0. The molecule has 5 nitrogen and oxygen atoms in total. The van der Waals surface area contributed by atoms with Gasteiger partial charge in [-0.15, -0.1) is 0 Å². The van der Waals surface area contributed by atoms with Crippen LogP contribution in [0.3, 0.4) is 0 Å². The minimum Gasteiger partial charge on any atom is -0.493 e. The summed E-state index contributed by atoms with van der Waals surface area (Å²) in [5, 5.41) is 2.88. The lowest BCUT2D eigenvalue weighted by atomic mass is 9.73. The number of allylic oxidation sites excluding steroid dienone is 2. The summed E-state index contributed by atoms with van der Waals surface area (Å²) in [7, 11) is 3.14. The number of rotatable bonds is 4. The van der Waals surface area contributed by atoms with Crippen molar-refractivity contribution < 1.29 is 23.5 Å². The molecule has 1 amide bonds. The van der Waals surface area contributed by atoms with E-state index in [0.29, 0.717) is 41.2 Å². The Labute approximate surface area is 168 Å². The maximum Gasteiger partial charge on any atom is 0.225 e. The van der Waals surface area contributed by atoms with Gasteiger partial charge in [0.2, 0.25) is 5.91 Å². The van der Waals surface area contributed by atoms with Gasteiger partial charge in [-0.25, -0.2) is 4.39 Å². The van der Waals surface area contributed by atoms with Gasteiger partial charge in [-0.1, -0.05) is 18.2 Å². The summed E-state index contributed by atoms with van der Waals surface area (Å²) in [6.45, 7) is 0. The SMILES string of the molecule is COc1ccc([C@@H]2CC(=O)C3=C(C2)NC(=O)C[C@H]3c2cccc(F)c2)cc1OC. The highest BCUT2D eigenvalue weighted by Gasteiger charge is 2.38. The summed E-state index contributed by atoms with van der Waals surface area (Å²) in [4.78, 5) is 25.4. The van der Waals surface area contributed by atoms with Crippen LogP contribution in [0.5, 0.6) is 11.5 Å². The van der Waals surface area contributed by atoms with Crippen LogP contribution in [-0.4, -0.2) is 25.9 Å². The highest BCUT2D eigenvalue weighted by molar-refractivity contribution is 6.02. The summed E-state index contributed by atoms with van der Waals surface area (Å²) < 4.78 is 24.4. The predicted octanol–water partition coefficient (Wildman–Crippen LogP) is 3.85. The van der Waals surface area contributed by atoms with Crippen molar-refractivity contribution >= 4 is 11.7 Å². The number of carbonyl (C=O) groups excluding carboxylic acids is 2. The first-order valence-corrected chi connectivity index (χ1v) is 9.53. The Hall–Kier alpha value is -3.15. The molecular formula is C23H22FNO4. The predicted molar refractivity (Wildman–Crippen MR) is 105 cm³/mol. The third kappa shape index (κ3) is 3.62. The molecule has 0 saturated carbocycles. The van der Waals surface area contributed by atoms with Gasteiger partial charge in [-0.2, -0.15) is 0 Å². The number of Topliss-reactive ketones (excluding diaryl/α,β-unsaturated/α-hetero) is 1. The molecule has 0 bridgehead atoms. The molecule has 1 heterocycles. The van der Waals surface area contributed by atoms with Gasteiger partial charge in [0.1, 0.15) is 5.82 Å². The fourth-order valence-corrected chi connectivity index (χ4v) is 4.31. The zero-order valence-electron chi connectivity index (χ0n) is 16.3. The van der Waals surface area contributed by atoms with Crippen LogP contribution in [0.2, 0.25) is 0 Å². The van der Waals surface area contributed by atoms with Gasteiger partial charge in [-0.3, -0.25) is 9.59 Å². The first-order valence-electron chi connectivity index (χ1n) is 9.53. The van der Waals surface area contributed by atoms with Crippen molar-refractivity contribution in [2.45, 2.75) is 31.1 Å². The molecule has 1 aliphatic carbocycles. The maximum atomic E-state index is 13.7. The average molecular weight is 395 g/mol. The molecule has 2 aromatic rings. The highest BCUT2D eigenvalue weighted by Crippen LogP contribution is 2.43. The van der Waals surface area contributed by atoms with E-state index in [1.54, 1.807) is 26.4 Å². The number of carbonyl (C=O) groups is 2. The van der Waals surface area contributed by atoms with Gasteiger partial charge in [0.05, 0.1) is 14.2 Å². The Balaban J connectivity index is 1.70. The molecular weight excluding hydrogens is 373 g/mol. The van der Waals surface area contributed by atoms with Gasteiger partial charge < -0.3 is 14.8 Å². The van der Waals surface area contributed by atoms with Gasteiger partial charge in [0.25, 0.3) is 0 Å². The molecule has 4 rings (SSSR count). The number of benzene rings is 2. The number of hydrogen-bond donors (Lipinski definition) is 1. The largest absolute Gasteiger partial charge is 0.493 e. The molecule has 0 saturated heterocycles. The molecule has 29 heavy (non-hydrogen) atoms. The molecule has 0 aromatic heterocycles. The topological polar surface area (TPSA) is 64.6 Å². The molecule has 1 aliphatic heterocycles. The van der Waals surface area contributed by atoms with Crippen LogP contribution in [0.25, 0.3) is 0 Å². The van der Waals surface area contributed by atoms with Crippen molar-refractivity contribution in [3.05, 3.63) is 70.7 Å². The standard InChI is InChI=1S/C23H22FNO4/c1-28-20-7-6-13(11-21(20)29-2)15-9-18-23(19(26)10-15)17(12-22(27)25-18)14-4-3-5-16(24)8-14/h3-8,11,15,17H,9-10,12H2,1-2H3,(H,25,27)/t15-,17-/m0/s1. The number of ketones is 1. The normalized spacial score (nSPS) is 21.5. The minimum absolute atomic E-state index is 0.0136. The molecule has 150 valence electrons. The molecule has 0 spiro atoms. The molecule has 2 atom stereocenters. The molecule has 1 N–H and O–H groups in total. The van der Waals surface area contributed by atoms with Crippen LogP contribution in [0, 0.1) is 5.82 Å². The molecule has 6 heteroatoms. The molecule has 0 radical (unpaired) electrons. The average Bonchev–Trinajstić information content (AvgIpc) is 2.72. The van der Waals surface area contributed by atoms with Crippen molar-refractivity contribution in [1.29, 1.82) is 0 Å². The first-order chi connectivity index (χ1) is 14.0. The van der Waals surface area contributed by atoms with Crippen molar-refractivity contribution in [3.8, 4) is 11.5 Å². The number of ether oxygens (including phenoxy) is 2. The van der Waals surface area contributed by atoms with Crippen LogP contribution in [0.1, 0.15) is 42.2 Å². The Morgan fingerprint density at radius 1 is 0.931 bits per heavy atom. The van der Waals surface area contributed by atoms with E-state index in [1.807, 2.05) is 18.2 Å². The van der Waals surface area contributed by atoms with Crippen molar-refractivity contribution in [1.82, 2.24) is 5.32 Å². The van der Waals surface area contributed by atoms with Gasteiger partial charge in [0, 0.05) is 30.0 Å². The van der Waals surface area contributed by atoms with E-state index in [9.17, 15) is 14.0 Å². The quantitative estimate of drug-likeness (QED) is 0.854. The van der Waals surface area contributed by atoms with E-state index in [2.05, 4.69) is 5.32 Å².